The number of hydrazone groups is 1. The molecule has 0 atom stereocenters. The summed E-state index contributed by atoms with van der Waals surface area (Å²) in [4.78, 5) is 24.8. The maximum absolute atomic E-state index is 12.6. The van der Waals surface area contributed by atoms with Gasteiger partial charge in [0.25, 0.3) is 5.91 Å². The molecule has 2 amide bonds. The van der Waals surface area contributed by atoms with E-state index in [4.69, 9.17) is 9.47 Å². The Bertz CT molecular complexity index is 1110. The number of para-hydroxylation sites is 1. The van der Waals surface area contributed by atoms with Crippen LogP contribution in [0.25, 0.3) is 0 Å². The molecule has 0 heterocycles. The molecule has 0 radical (unpaired) electrons. The van der Waals surface area contributed by atoms with Crippen molar-refractivity contribution >= 4 is 23.2 Å². The summed E-state index contributed by atoms with van der Waals surface area (Å²) in [6.45, 7) is 1.78. The summed E-state index contributed by atoms with van der Waals surface area (Å²) in [5.74, 6) is 0.306. The molecule has 0 aliphatic rings. The van der Waals surface area contributed by atoms with Crippen LogP contribution in [-0.4, -0.2) is 31.7 Å². The zero-order valence-electron chi connectivity index (χ0n) is 18.2. The van der Waals surface area contributed by atoms with Crippen LogP contribution in [0.2, 0.25) is 0 Å². The van der Waals surface area contributed by atoms with Gasteiger partial charge < -0.3 is 14.8 Å². The van der Waals surface area contributed by atoms with Crippen LogP contribution >= 0.6 is 0 Å². The lowest BCUT2D eigenvalue weighted by Crippen LogP contribution is -2.20. The van der Waals surface area contributed by atoms with E-state index in [2.05, 4.69) is 15.8 Å². The topological polar surface area (TPSA) is 89.0 Å². The van der Waals surface area contributed by atoms with Gasteiger partial charge in [0.15, 0.2) is 11.5 Å². The van der Waals surface area contributed by atoms with E-state index in [1.54, 1.807) is 37.3 Å². The van der Waals surface area contributed by atoms with Gasteiger partial charge in [-0.15, -0.1) is 0 Å². The van der Waals surface area contributed by atoms with E-state index in [-0.39, 0.29) is 5.91 Å². The smallest absolute Gasteiger partial charge is 0.275 e. The number of carbonyl (C=O) groups excluding carboxylic acids is 2. The SMILES string of the molecule is COc1cccc(C(=O)N/N=C(/C)c2ccc(NC(=O)Cc3ccccc3)cc2)c1OC. The molecule has 0 spiro atoms. The number of amides is 2. The Labute approximate surface area is 187 Å². The summed E-state index contributed by atoms with van der Waals surface area (Å²) < 4.78 is 10.5. The van der Waals surface area contributed by atoms with Gasteiger partial charge in [-0.3, -0.25) is 9.59 Å². The molecular weight excluding hydrogens is 406 g/mol. The van der Waals surface area contributed by atoms with E-state index in [9.17, 15) is 9.59 Å². The summed E-state index contributed by atoms with van der Waals surface area (Å²) in [5.41, 5.74) is 5.92. The first kappa shape index (κ1) is 22.6. The Morgan fingerprint density at radius 3 is 2.25 bits per heavy atom. The number of nitrogens with zero attached hydrogens (tertiary/aromatic N) is 1. The molecule has 164 valence electrons. The predicted molar refractivity (Wildman–Crippen MR) is 124 cm³/mol. The Hall–Kier alpha value is -4.13. The van der Waals surface area contributed by atoms with Crippen LogP contribution in [-0.2, 0) is 11.2 Å². The molecule has 7 nitrogen and oxygen atoms in total. The standard InChI is InChI=1S/C25H25N3O4/c1-17(27-28-25(30)21-10-7-11-22(31-2)24(21)32-3)19-12-14-20(15-13-19)26-23(29)16-18-8-5-4-6-9-18/h4-15H,16H2,1-3H3,(H,26,29)(H,28,30)/b27-17-. The van der Waals surface area contributed by atoms with Crippen LogP contribution in [0.1, 0.15) is 28.4 Å². The van der Waals surface area contributed by atoms with Gasteiger partial charge in [-0.25, -0.2) is 5.43 Å². The van der Waals surface area contributed by atoms with Gasteiger partial charge in [0.2, 0.25) is 5.91 Å². The van der Waals surface area contributed by atoms with Crippen LogP contribution in [0.15, 0.2) is 77.9 Å². The first-order chi connectivity index (χ1) is 15.5. The van der Waals surface area contributed by atoms with E-state index >= 15 is 0 Å². The third kappa shape index (κ3) is 5.72. The van der Waals surface area contributed by atoms with Gasteiger partial charge in [-0.1, -0.05) is 48.5 Å². The lowest BCUT2D eigenvalue weighted by atomic mass is 10.1. The molecule has 2 N–H and O–H groups in total. The summed E-state index contributed by atoms with van der Waals surface area (Å²) in [6, 6.07) is 21.9. The van der Waals surface area contributed by atoms with E-state index in [0.717, 1.165) is 11.1 Å². The number of nitrogens with one attached hydrogen (secondary N) is 2. The number of hydrogen-bond acceptors (Lipinski definition) is 5. The third-order valence-corrected chi connectivity index (χ3v) is 4.77. The van der Waals surface area contributed by atoms with Crippen molar-refractivity contribution in [2.75, 3.05) is 19.5 Å². The fraction of sp³-hybridized carbons (Fsp3) is 0.160. The second-order valence-electron chi connectivity index (χ2n) is 6.97. The molecule has 0 saturated carbocycles. The normalized spacial score (nSPS) is 10.9. The Balaban J connectivity index is 1.62. The second kappa shape index (κ2) is 10.8. The molecule has 0 fully saturated rings. The number of rotatable bonds is 8. The maximum Gasteiger partial charge on any atom is 0.275 e. The van der Waals surface area contributed by atoms with Crippen LogP contribution < -0.4 is 20.2 Å². The highest BCUT2D eigenvalue weighted by molar-refractivity contribution is 6.02. The molecule has 0 unspecified atom stereocenters. The van der Waals surface area contributed by atoms with Crippen molar-refractivity contribution in [1.29, 1.82) is 0 Å². The molecule has 3 aromatic rings. The minimum Gasteiger partial charge on any atom is -0.493 e. The monoisotopic (exact) mass is 431 g/mol. The molecule has 3 aromatic carbocycles. The van der Waals surface area contributed by atoms with E-state index < -0.39 is 5.91 Å². The first-order valence-electron chi connectivity index (χ1n) is 10.0. The van der Waals surface area contributed by atoms with Gasteiger partial charge in [-0.2, -0.15) is 5.10 Å². The fourth-order valence-electron chi connectivity index (χ4n) is 3.11. The van der Waals surface area contributed by atoms with Crippen molar-refractivity contribution in [2.24, 2.45) is 5.10 Å². The third-order valence-electron chi connectivity index (χ3n) is 4.77. The van der Waals surface area contributed by atoms with Gasteiger partial charge in [0, 0.05) is 5.69 Å². The number of anilines is 1. The minimum atomic E-state index is -0.412. The van der Waals surface area contributed by atoms with Crippen LogP contribution in [0.4, 0.5) is 5.69 Å². The molecule has 3 rings (SSSR count). The second-order valence-corrected chi connectivity index (χ2v) is 6.97. The molecular formula is C25H25N3O4. The highest BCUT2D eigenvalue weighted by Crippen LogP contribution is 2.30. The summed E-state index contributed by atoms with van der Waals surface area (Å²) in [5, 5.41) is 7.06. The number of ether oxygens (including phenoxy) is 2. The average molecular weight is 431 g/mol. The number of benzene rings is 3. The highest BCUT2D eigenvalue weighted by Gasteiger charge is 2.16. The van der Waals surface area contributed by atoms with E-state index in [1.807, 2.05) is 42.5 Å². The van der Waals surface area contributed by atoms with Gasteiger partial charge in [-0.05, 0) is 42.3 Å². The van der Waals surface area contributed by atoms with E-state index in [0.29, 0.717) is 34.9 Å². The predicted octanol–water partition coefficient (Wildman–Crippen LogP) is 4.04. The quantitative estimate of drug-likeness (QED) is 0.416. The Morgan fingerprint density at radius 1 is 0.875 bits per heavy atom. The van der Waals surface area contributed by atoms with Gasteiger partial charge >= 0.3 is 0 Å². The van der Waals surface area contributed by atoms with Crippen molar-refractivity contribution in [2.45, 2.75) is 13.3 Å². The summed E-state index contributed by atoms with van der Waals surface area (Å²) in [6.07, 6.45) is 0.308. The first-order valence-corrected chi connectivity index (χ1v) is 10.0. The minimum absolute atomic E-state index is 0.0890. The number of carbonyl (C=O) groups is 2. The highest BCUT2D eigenvalue weighted by atomic mass is 16.5. The van der Waals surface area contributed by atoms with Gasteiger partial charge in [0.1, 0.15) is 0 Å². The average Bonchev–Trinajstić information content (AvgIpc) is 2.82. The fourth-order valence-corrected chi connectivity index (χ4v) is 3.11. The summed E-state index contributed by atoms with van der Waals surface area (Å²) in [7, 11) is 2.99. The zero-order chi connectivity index (χ0) is 22.9. The molecule has 7 heteroatoms. The van der Waals surface area contributed by atoms with Crippen LogP contribution in [0, 0.1) is 0 Å². The van der Waals surface area contributed by atoms with Crippen LogP contribution in [0.5, 0.6) is 11.5 Å². The molecule has 0 aromatic heterocycles. The Kier molecular flexibility index (Phi) is 7.59. The summed E-state index contributed by atoms with van der Waals surface area (Å²) >= 11 is 0. The van der Waals surface area contributed by atoms with E-state index in [1.165, 1.54) is 14.2 Å². The number of methoxy groups -OCH3 is 2. The van der Waals surface area contributed by atoms with Crippen molar-refractivity contribution in [3.05, 3.63) is 89.5 Å². The Morgan fingerprint density at radius 2 is 1.59 bits per heavy atom. The number of hydrogen-bond donors (Lipinski definition) is 2. The van der Waals surface area contributed by atoms with Crippen molar-refractivity contribution in [3.63, 3.8) is 0 Å². The van der Waals surface area contributed by atoms with Gasteiger partial charge in [0.05, 0.1) is 31.9 Å². The van der Waals surface area contributed by atoms with Crippen molar-refractivity contribution in [1.82, 2.24) is 5.43 Å². The molecule has 32 heavy (non-hydrogen) atoms. The molecule has 0 bridgehead atoms. The maximum atomic E-state index is 12.6. The molecule has 0 aliphatic carbocycles. The van der Waals surface area contributed by atoms with Crippen molar-refractivity contribution < 1.29 is 19.1 Å². The van der Waals surface area contributed by atoms with Crippen molar-refractivity contribution in [3.8, 4) is 11.5 Å². The largest absolute Gasteiger partial charge is 0.493 e. The zero-order valence-corrected chi connectivity index (χ0v) is 18.2. The molecule has 0 aliphatic heterocycles. The lowest BCUT2D eigenvalue weighted by Gasteiger charge is -2.11. The lowest BCUT2D eigenvalue weighted by molar-refractivity contribution is -0.115. The molecule has 0 saturated heterocycles. The van der Waals surface area contributed by atoms with Crippen LogP contribution in [0.3, 0.4) is 0 Å².